The largest absolute Gasteiger partial charge is 0.345 e. The fourth-order valence-electron chi connectivity index (χ4n) is 2.89. The third-order valence-electron chi connectivity index (χ3n) is 4.42. The molecular formula is C12H18N4O3. The molecule has 1 N–H and O–H groups in total. The van der Waals surface area contributed by atoms with Gasteiger partial charge in [0.25, 0.3) is 5.91 Å². The van der Waals surface area contributed by atoms with Crippen molar-refractivity contribution in [3.05, 3.63) is 0 Å². The topological polar surface area (TPSA) is 73.0 Å². The van der Waals surface area contributed by atoms with Crippen molar-refractivity contribution in [2.75, 3.05) is 33.2 Å². The van der Waals surface area contributed by atoms with Crippen molar-refractivity contribution in [1.29, 1.82) is 0 Å². The van der Waals surface area contributed by atoms with Crippen molar-refractivity contribution in [3.63, 3.8) is 0 Å². The van der Waals surface area contributed by atoms with Crippen LogP contribution in [0.5, 0.6) is 0 Å². The first kappa shape index (κ1) is 12.6. The van der Waals surface area contributed by atoms with Gasteiger partial charge in [-0.2, -0.15) is 5.01 Å². The molecule has 1 saturated carbocycles. The highest BCUT2D eigenvalue weighted by Gasteiger charge is 2.58. The smallest absolute Gasteiger partial charge is 0.304 e. The van der Waals surface area contributed by atoms with Gasteiger partial charge >= 0.3 is 6.03 Å². The first-order valence-corrected chi connectivity index (χ1v) is 6.68. The highest BCUT2D eigenvalue weighted by atomic mass is 16.2. The number of carbonyl (C=O) groups is 3. The fourth-order valence-corrected chi connectivity index (χ4v) is 2.89. The molecule has 3 rings (SSSR count). The number of rotatable bonds is 1. The Balaban J connectivity index is 1.82. The molecule has 7 nitrogen and oxygen atoms in total. The summed E-state index contributed by atoms with van der Waals surface area (Å²) in [6, 6.07) is -0.600. The zero-order chi connectivity index (χ0) is 13.6. The van der Waals surface area contributed by atoms with E-state index in [1.54, 1.807) is 5.01 Å². The monoisotopic (exact) mass is 266 g/mol. The molecule has 2 saturated heterocycles. The van der Waals surface area contributed by atoms with Gasteiger partial charge in [-0.15, -0.1) is 0 Å². The summed E-state index contributed by atoms with van der Waals surface area (Å²) >= 11 is 0. The maximum atomic E-state index is 12.5. The van der Waals surface area contributed by atoms with Crippen LogP contribution in [-0.4, -0.2) is 66.0 Å². The van der Waals surface area contributed by atoms with Crippen LogP contribution in [0.2, 0.25) is 0 Å². The van der Waals surface area contributed by atoms with Gasteiger partial charge in [0, 0.05) is 26.2 Å². The number of piperazine rings is 1. The summed E-state index contributed by atoms with van der Waals surface area (Å²) in [4.78, 5) is 38.5. The Hall–Kier alpha value is -1.47. The SMILES string of the molecule is CN1CCN(N2C(=O)NC(=O)C3(CCC3)C2=O)CC1. The number of urea groups is 1. The van der Waals surface area contributed by atoms with Crippen molar-refractivity contribution in [2.45, 2.75) is 19.3 Å². The van der Waals surface area contributed by atoms with Gasteiger partial charge in [-0.1, -0.05) is 6.42 Å². The standard InChI is InChI=1S/C12H18N4O3/c1-14-5-7-15(8-6-14)16-10(18)12(3-2-4-12)9(17)13-11(16)19/h2-8H2,1H3,(H,13,17,19). The molecule has 2 heterocycles. The van der Waals surface area contributed by atoms with Gasteiger partial charge in [0.1, 0.15) is 5.41 Å². The van der Waals surface area contributed by atoms with Gasteiger partial charge in [-0.05, 0) is 19.9 Å². The summed E-state index contributed by atoms with van der Waals surface area (Å²) in [6.07, 6.45) is 1.97. The van der Waals surface area contributed by atoms with E-state index in [-0.39, 0.29) is 5.91 Å². The van der Waals surface area contributed by atoms with E-state index in [1.807, 2.05) is 7.05 Å². The van der Waals surface area contributed by atoms with Crippen molar-refractivity contribution in [3.8, 4) is 0 Å². The minimum atomic E-state index is -0.975. The van der Waals surface area contributed by atoms with Crippen molar-refractivity contribution >= 4 is 17.8 Å². The Labute approximate surface area is 111 Å². The number of carbonyl (C=O) groups excluding carboxylic acids is 3. The summed E-state index contributed by atoms with van der Waals surface area (Å²) in [7, 11) is 2.01. The number of nitrogens with one attached hydrogen (secondary N) is 1. The quantitative estimate of drug-likeness (QED) is 0.641. The second-order valence-electron chi connectivity index (χ2n) is 5.57. The van der Waals surface area contributed by atoms with E-state index in [2.05, 4.69) is 10.2 Å². The Bertz CT molecular complexity index is 438. The number of barbiturate groups is 1. The molecule has 4 amide bonds. The van der Waals surface area contributed by atoms with Crippen LogP contribution < -0.4 is 5.32 Å². The molecule has 19 heavy (non-hydrogen) atoms. The van der Waals surface area contributed by atoms with E-state index < -0.39 is 17.4 Å². The molecule has 0 aromatic rings. The Morgan fingerprint density at radius 1 is 1.05 bits per heavy atom. The second kappa shape index (κ2) is 4.28. The van der Waals surface area contributed by atoms with Crippen molar-refractivity contribution < 1.29 is 14.4 Å². The summed E-state index contributed by atoms with van der Waals surface area (Å²) in [5, 5.41) is 5.25. The van der Waals surface area contributed by atoms with E-state index in [0.29, 0.717) is 25.9 Å². The number of hydrogen-bond acceptors (Lipinski definition) is 5. The Morgan fingerprint density at radius 3 is 2.21 bits per heavy atom. The number of likely N-dealkylation sites (N-methyl/N-ethyl adjacent to an activating group) is 1. The third-order valence-corrected chi connectivity index (χ3v) is 4.42. The molecule has 7 heteroatoms. The zero-order valence-electron chi connectivity index (χ0n) is 11.0. The van der Waals surface area contributed by atoms with Gasteiger partial charge in [-0.3, -0.25) is 14.9 Å². The second-order valence-corrected chi connectivity index (χ2v) is 5.57. The van der Waals surface area contributed by atoms with Gasteiger partial charge in [-0.25, -0.2) is 9.80 Å². The van der Waals surface area contributed by atoms with Crippen LogP contribution in [0.4, 0.5) is 4.79 Å². The molecule has 0 unspecified atom stereocenters. The zero-order valence-corrected chi connectivity index (χ0v) is 11.0. The molecule has 3 fully saturated rings. The van der Waals surface area contributed by atoms with Gasteiger partial charge < -0.3 is 4.90 Å². The highest BCUT2D eigenvalue weighted by Crippen LogP contribution is 2.44. The molecular weight excluding hydrogens is 248 g/mol. The summed E-state index contributed by atoms with van der Waals surface area (Å²) in [5.74, 6) is -0.754. The summed E-state index contributed by atoms with van der Waals surface area (Å²) < 4.78 is 0. The molecule has 104 valence electrons. The van der Waals surface area contributed by atoms with Crippen LogP contribution in [0.15, 0.2) is 0 Å². The number of hydrazine groups is 1. The van der Waals surface area contributed by atoms with Gasteiger partial charge in [0.05, 0.1) is 0 Å². The number of imide groups is 2. The maximum absolute atomic E-state index is 12.5. The average molecular weight is 266 g/mol. The molecule has 2 aliphatic heterocycles. The molecule has 0 radical (unpaired) electrons. The third kappa shape index (κ3) is 1.76. The summed E-state index contributed by atoms with van der Waals surface area (Å²) in [5.41, 5.74) is -0.975. The van der Waals surface area contributed by atoms with Gasteiger partial charge in [0.15, 0.2) is 0 Å². The lowest BCUT2D eigenvalue weighted by Crippen LogP contribution is -2.71. The van der Waals surface area contributed by atoms with Crippen LogP contribution >= 0.6 is 0 Å². The Kier molecular flexibility index (Phi) is 2.83. The lowest BCUT2D eigenvalue weighted by Gasteiger charge is -2.48. The van der Waals surface area contributed by atoms with Crippen LogP contribution in [0.3, 0.4) is 0 Å². The number of nitrogens with zero attached hydrogens (tertiary/aromatic N) is 3. The fraction of sp³-hybridized carbons (Fsp3) is 0.750. The molecule has 1 spiro atoms. The molecule has 0 bridgehead atoms. The highest BCUT2D eigenvalue weighted by molar-refractivity contribution is 6.19. The lowest BCUT2D eigenvalue weighted by molar-refractivity contribution is -0.171. The normalized spacial score (nSPS) is 28.5. The lowest BCUT2D eigenvalue weighted by atomic mass is 9.66. The number of hydrogen-bond donors (Lipinski definition) is 1. The van der Waals surface area contributed by atoms with Crippen LogP contribution in [0, 0.1) is 5.41 Å². The first-order valence-electron chi connectivity index (χ1n) is 6.68. The average Bonchev–Trinajstić information content (AvgIpc) is 2.29. The van der Waals surface area contributed by atoms with E-state index in [0.717, 1.165) is 24.5 Å². The number of amides is 4. The minimum Gasteiger partial charge on any atom is -0.304 e. The predicted molar refractivity (Wildman–Crippen MR) is 65.7 cm³/mol. The summed E-state index contributed by atoms with van der Waals surface area (Å²) in [6.45, 7) is 2.86. The molecule has 0 aromatic heterocycles. The first-order chi connectivity index (χ1) is 9.04. The van der Waals surface area contributed by atoms with Crippen LogP contribution in [0.25, 0.3) is 0 Å². The van der Waals surface area contributed by atoms with E-state index in [1.165, 1.54) is 0 Å². The van der Waals surface area contributed by atoms with Gasteiger partial charge in [0.2, 0.25) is 5.91 Å². The van der Waals surface area contributed by atoms with Crippen molar-refractivity contribution in [1.82, 2.24) is 20.2 Å². The van der Waals surface area contributed by atoms with E-state index in [4.69, 9.17) is 0 Å². The predicted octanol–water partition coefficient (Wildman–Crippen LogP) is -0.602. The van der Waals surface area contributed by atoms with E-state index >= 15 is 0 Å². The molecule has 0 atom stereocenters. The minimum absolute atomic E-state index is 0.336. The molecule has 0 aromatic carbocycles. The van der Waals surface area contributed by atoms with Crippen molar-refractivity contribution in [2.24, 2.45) is 5.41 Å². The molecule has 3 aliphatic rings. The Morgan fingerprint density at radius 2 is 1.68 bits per heavy atom. The molecule has 1 aliphatic carbocycles. The van der Waals surface area contributed by atoms with Crippen LogP contribution in [-0.2, 0) is 9.59 Å². The van der Waals surface area contributed by atoms with E-state index in [9.17, 15) is 14.4 Å². The van der Waals surface area contributed by atoms with Crippen LogP contribution in [0.1, 0.15) is 19.3 Å². The maximum Gasteiger partial charge on any atom is 0.345 e.